The van der Waals surface area contributed by atoms with E-state index in [0.717, 1.165) is 5.69 Å². The first-order valence-electron chi connectivity index (χ1n) is 10.1. The number of furan rings is 1. The quantitative estimate of drug-likeness (QED) is 0.661. The lowest BCUT2D eigenvalue weighted by molar-refractivity contribution is -0.121. The molecule has 1 saturated heterocycles. The number of carbonyl (C=O) groups excluding carboxylic acids is 3. The van der Waals surface area contributed by atoms with Crippen molar-refractivity contribution in [3.63, 3.8) is 0 Å². The predicted molar refractivity (Wildman–Crippen MR) is 115 cm³/mol. The number of hydrogen-bond acceptors (Lipinski definition) is 5. The monoisotopic (exact) mass is 418 g/mol. The van der Waals surface area contributed by atoms with E-state index >= 15 is 0 Å². The van der Waals surface area contributed by atoms with E-state index in [1.807, 2.05) is 0 Å². The van der Waals surface area contributed by atoms with Gasteiger partial charge in [0.15, 0.2) is 5.76 Å². The number of piperidine rings is 1. The van der Waals surface area contributed by atoms with Gasteiger partial charge < -0.3 is 20.0 Å². The van der Waals surface area contributed by atoms with E-state index in [0.29, 0.717) is 37.2 Å². The zero-order valence-corrected chi connectivity index (χ0v) is 16.8. The van der Waals surface area contributed by atoms with Crippen LogP contribution in [-0.4, -0.2) is 40.7 Å². The largest absolute Gasteiger partial charge is 0.459 e. The SMILES string of the molecule is O=C(Nc1ccc(C(=O)N2CCC(C(=O)Nc3ccncc3)CC2)cc1)c1ccco1. The molecule has 0 radical (unpaired) electrons. The zero-order valence-electron chi connectivity index (χ0n) is 16.8. The van der Waals surface area contributed by atoms with Gasteiger partial charge in [-0.2, -0.15) is 0 Å². The summed E-state index contributed by atoms with van der Waals surface area (Å²) < 4.78 is 5.06. The van der Waals surface area contributed by atoms with Crippen molar-refractivity contribution < 1.29 is 18.8 Å². The minimum absolute atomic E-state index is 0.0325. The Morgan fingerprint density at radius 1 is 0.903 bits per heavy atom. The van der Waals surface area contributed by atoms with Gasteiger partial charge in [0.25, 0.3) is 11.8 Å². The first-order chi connectivity index (χ1) is 15.1. The highest BCUT2D eigenvalue weighted by atomic mass is 16.3. The molecule has 0 aliphatic carbocycles. The second kappa shape index (κ2) is 9.25. The average Bonchev–Trinajstić information content (AvgIpc) is 3.35. The van der Waals surface area contributed by atoms with Crippen LogP contribution in [0.1, 0.15) is 33.8 Å². The molecular weight excluding hydrogens is 396 g/mol. The van der Waals surface area contributed by atoms with E-state index in [1.165, 1.54) is 6.26 Å². The number of benzene rings is 1. The third-order valence-electron chi connectivity index (χ3n) is 5.24. The molecule has 0 unspecified atom stereocenters. The number of likely N-dealkylation sites (tertiary alicyclic amines) is 1. The number of rotatable bonds is 5. The summed E-state index contributed by atoms with van der Waals surface area (Å²) in [6.45, 7) is 1.04. The third kappa shape index (κ3) is 4.98. The van der Waals surface area contributed by atoms with Gasteiger partial charge in [-0.1, -0.05) is 0 Å². The molecule has 8 nitrogen and oxygen atoms in total. The molecule has 3 heterocycles. The van der Waals surface area contributed by atoms with Crippen LogP contribution in [-0.2, 0) is 4.79 Å². The first kappa shape index (κ1) is 20.3. The zero-order chi connectivity index (χ0) is 21.6. The highest BCUT2D eigenvalue weighted by Crippen LogP contribution is 2.21. The maximum absolute atomic E-state index is 12.8. The Morgan fingerprint density at radius 3 is 2.23 bits per heavy atom. The summed E-state index contributed by atoms with van der Waals surface area (Å²) in [7, 11) is 0. The van der Waals surface area contributed by atoms with Gasteiger partial charge in [0, 0.05) is 48.3 Å². The van der Waals surface area contributed by atoms with Gasteiger partial charge in [0.2, 0.25) is 5.91 Å². The summed E-state index contributed by atoms with van der Waals surface area (Å²) in [6.07, 6.45) is 5.91. The molecular formula is C23H22N4O4. The molecule has 1 aliphatic rings. The van der Waals surface area contributed by atoms with Crippen LogP contribution in [0.5, 0.6) is 0 Å². The van der Waals surface area contributed by atoms with Gasteiger partial charge in [-0.3, -0.25) is 19.4 Å². The van der Waals surface area contributed by atoms with Gasteiger partial charge in [-0.05, 0) is 61.4 Å². The van der Waals surface area contributed by atoms with E-state index in [1.54, 1.807) is 65.8 Å². The Morgan fingerprint density at radius 2 is 1.58 bits per heavy atom. The summed E-state index contributed by atoms with van der Waals surface area (Å²) in [4.78, 5) is 43.0. The Balaban J connectivity index is 1.29. The van der Waals surface area contributed by atoms with Crippen LogP contribution in [0, 0.1) is 5.92 Å². The minimum Gasteiger partial charge on any atom is -0.459 e. The fourth-order valence-electron chi connectivity index (χ4n) is 3.50. The van der Waals surface area contributed by atoms with E-state index in [-0.39, 0.29) is 29.4 Å². The van der Waals surface area contributed by atoms with Crippen LogP contribution in [0.3, 0.4) is 0 Å². The Kier molecular flexibility index (Phi) is 6.07. The van der Waals surface area contributed by atoms with Crippen molar-refractivity contribution in [1.29, 1.82) is 0 Å². The molecule has 0 atom stereocenters. The van der Waals surface area contributed by atoms with Crippen LogP contribution >= 0.6 is 0 Å². The number of carbonyl (C=O) groups is 3. The third-order valence-corrected chi connectivity index (χ3v) is 5.24. The summed E-state index contributed by atoms with van der Waals surface area (Å²) in [5.41, 5.74) is 1.83. The molecule has 1 fully saturated rings. The predicted octanol–water partition coefficient (Wildman–Crippen LogP) is 3.42. The fourth-order valence-corrected chi connectivity index (χ4v) is 3.50. The smallest absolute Gasteiger partial charge is 0.291 e. The summed E-state index contributed by atoms with van der Waals surface area (Å²) >= 11 is 0. The Hall–Kier alpha value is -3.94. The lowest BCUT2D eigenvalue weighted by atomic mass is 9.95. The number of nitrogens with one attached hydrogen (secondary N) is 2. The molecule has 4 rings (SSSR count). The van der Waals surface area contributed by atoms with E-state index in [4.69, 9.17) is 4.42 Å². The minimum atomic E-state index is -0.351. The van der Waals surface area contributed by atoms with Gasteiger partial charge in [-0.25, -0.2) is 0 Å². The highest BCUT2D eigenvalue weighted by molar-refractivity contribution is 6.02. The van der Waals surface area contributed by atoms with E-state index in [2.05, 4.69) is 15.6 Å². The fraction of sp³-hybridized carbons (Fsp3) is 0.217. The maximum atomic E-state index is 12.8. The molecule has 2 aromatic heterocycles. The van der Waals surface area contributed by atoms with Gasteiger partial charge >= 0.3 is 0 Å². The summed E-state index contributed by atoms with van der Waals surface area (Å²) in [5.74, 6) is -0.379. The number of pyridine rings is 1. The maximum Gasteiger partial charge on any atom is 0.291 e. The molecule has 1 aliphatic heterocycles. The number of amides is 3. The molecule has 8 heteroatoms. The van der Waals surface area contributed by atoms with Gasteiger partial charge in [0.1, 0.15) is 0 Å². The molecule has 158 valence electrons. The molecule has 0 saturated carbocycles. The van der Waals surface area contributed by atoms with Crippen LogP contribution in [0.25, 0.3) is 0 Å². The standard InChI is InChI=1S/C23H22N4O4/c28-21(25-19-7-11-24-12-8-19)16-9-13-27(14-10-16)23(30)17-3-5-18(6-4-17)26-22(29)20-2-1-15-31-20/h1-8,11-12,15-16H,9-10,13-14H2,(H,26,29)(H,24,25,28). The van der Waals surface area contributed by atoms with Crippen LogP contribution in [0.15, 0.2) is 71.6 Å². The van der Waals surface area contributed by atoms with Crippen molar-refractivity contribution in [3.05, 3.63) is 78.5 Å². The molecule has 31 heavy (non-hydrogen) atoms. The van der Waals surface area contributed by atoms with Crippen LogP contribution in [0.4, 0.5) is 11.4 Å². The van der Waals surface area contributed by atoms with Crippen molar-refractivity contribution in [2.24, 2.45) is 5.92 Å². The van der Waals surface area contributed by atoms with Gasteiger partial charge in [-0.15, -0.1) is 0 Å². The lowest BCUT2D eigenvalue weighted by Crippen LogP contribution is -2.41. The van der Waals surface area contributed by atoms with E-state index < -0.39 is 0 Å². The van der Waals surface area contributed by atoms with Crippen molar-refractivity contribution in [2.45, 2.75) is 12.8 Å². The molecule has 2 N–H and O–H groups in total. The normalized spacial score (nSPS) is 14.1. The summed E-state index contributed by atoms with van der Waals surface area (Å²) in [6, 6.07) is 13.4. The second-order valence-electron chi connectivity index (χ2n) is 7.30. The molecule has 1 aromatic carbocycles. The molecule has 0 spiro atoms. The number of aromatic nitrogens is 1. The number of hydrogen-bond donors (Lipinski definition) is 2. The highest BCUT2D eigenvalue weighted by Gasteiger charge is 2.28. The van der Waals surface area contributed by atoms with Crippen LogP contribution in [0.2, 0.25) is 0 Å². The molecule has 0 bridgehead atoms. The molecule has 3 amide bonds. The number of nitrogens with zero attached hydrogens (tertiary/aromatic N) is 2. The van der Waals surface area contributed by atoms with Crippen LogP contribution < -0.4 is 10.6 Å². The Bertz CT molecular complexity index is 1040. The van der Waals surface area contributed by atoms with Crippen molar-refractivity contribution in [3.8, 4) is 0 Å². The molecule has 3 aromatic rings. The average molecular weight is 418 g/mol. The summed E-state index contributed by atoms with van der Waals surface area (Å²) in [5, 5.41) is 5.62. The Labute approximate surface area is 179 Å². The van der Waals surface area contributed by atoms with Crippen molar-refractivity contribution >= 4 is 29.1 Å². The topological polar surface area (TPSA) is 105 Å². The van der Waals surface area contributed by atoms with Crippen molar-refractivity contribution in [2.75, 3.05) is 23.7 Å². The second-order valence-corrected chi connectivity index (χ2v) is 7.30. The lowest BCUT2D eigenvalue weighted by Gasteiger charge is -2.31. The first-order valence-corrected chi connectivity index (χ1v) is 10.1. The van der Waals surface area contributed by atoms with Gasteiger partial charge in [0.05, 0.1) is 6.26 Å². The van der Waals surface area contributed by atoms with Crippen molar-refractivity contribution in [1.82, 2.24) is 9.88 Å². The number of anilines is 2. The van der Waals surface area contributed by atoms with E-state index in [9.17, 15) is 14.4 Å².